The SMILES string of the molecule is O=C(O)c1cccc(C(=O)O)c1OCc1ccccc1. The molecule has 0 aliphatic heterocycles. The van der Waals surface area contributed by atoms with Crippen LogP contribution in [-0.2, 0) is 6.61 Å². The van der Waals surface area contributed by atoms with Crippen LogP contribution < -0.4 is 4.74 Å². The summed E-state index contributed by atoms with van der Waals surface area (Å²) in [5.74, 6) is -2.58. The van der Waals surface area contributed by atoms with Gasteiger partial charge in [0.15, 0.2) is 0 Å². The summed E-state index contributed by atoms with van der Waals surface area (Å²) >= 11 is 0. The van der Waals surface area contributed by atoms with Crippen LogP contribution in [0.3, 0.4) is 0 Å². The Morgan fingerprint density at radius 2 is 1.40 bits per heavy atom. The van der Waals surface area contributed by atoms with Crippen molar-refractivity contribution < 1.29 is 24.5 Å². The lowest BCUT2D eigenvalue weighted by Gasteiger charge is -2.11. The molecule has 2 aromatic rings. The van der Waals surface area contributed by atoms with Crippen LogP contribution in [0.5, 0.6) is 5.75 Å². The van der Waals surface area contributed by atoms with Crippen molar-refractivity contribution in [3.8, 4) is 5.75 Å². The molecule has 0 heterocycles. The first-order valence-electron chi connectivity index (χ1n) is 5.86. The number of benzene rings is 2. The molecule has 0 saturated carbocycles. The average Bonchev–Trinajstić information content (AvgIpc) is 2.45. The monoisotopic (exact) mass is 272 g/mol. The summed E-state index contributed by atoms with van der Waals surface area (Å²) in [5, 5.41) is 18.2. The smallest absolute Gasteiger partial charge is 0.339 e. The Kier molecular flexibility index (Phi) is 4.00. The van der Waals surface area contributed by atoms with Crippen LogP contribution in [0.4, 0.5) is 0 Å². The Morgan fingerprint density at radius 1 is 0.850 bits per heavy atom. The number of aromatic carboxylic acids is 2. The van der Waals surface area contributed by atoms with Crippen molar-refractivity contribution in [1.29, 1.82) is 0 Å². The first-order chi connectivity index (χ1) is 9.59. The number of carbonyl (C=O) groups is 2. The van der Waals surface area contributed by atoms with Gasteiger partial charge in [-0.15, -0.1) is 0 Å². The van der Waals surface area contributed by atoms with E-state index < -0.39 is 11.9 Å². The van der Waals surface area contributed by atoms with Gasteiger partial charge in [0.25, 0.3) is 0 Å². The largest absolute Gasteiger partial charge is 0.487 e. The molecule has 0 radical (unpaired) electrons. The second-order valence-electron chi connectivity index (χ2n) is 4.07. The van der Waals surface area contributed by atoms with Gasteiger partial charge in [-0.3, -0.25) is 0 Å². The normalized spacial score (nSPS) is 10.0. The Balaban J connectivity index is 2.33. The molecule has 0 fully saturated rings. The van der Waals surface area contributed by atoms with Crippen molar-refractivity contribution in [1.82, 2.24) is 0 Å². The van der Waals surface area contributed by atoms with Crippen molar-refractivity contribution >= 4 is 11.9 Å². The predicted molar refractivity (Wildman–Crippen MR) is 71.1 cm³/mol. The van der Waals surface area contributed by atoms with E-state index in [9.17, 15) is 9.59 Å². The Morgan fingerprint density at radius 3 is 1.90 bits per heavy atom. The molecule has 102 valence electrons. The van der Waals surface area contributed by atoms with E-state index in [0.717, 1.165) is 5.56 Å². The van der Waals surface area contributed by atoms with Gasteiger partial charge in [0.2, 0.25) is 0 Å². The minimum absolute atomic E-state index is 0.103. The molecule has 20 heavy (non-hydrogen) atoms. The molecule has 2 rings (SSSR count). The molecule has 2 N–H and O–H groups in total. The van der Waals surface area contributed by atoms with Crippen molar-refractivity contribution in [2.75, 3.05) is 0 Å². The van der Waals surface area contributed by atoms with E-state index in [-0.39, 0.29) is 23.5 Å². The highest BCUT2D eigenvalue weighted by Gasteiger charge is 2.19. The fourth-order valence-corrected chi connectivity index (χ4v) is 1.76. The van der Waals surface area contributed by atoms with Gasteiger partial charge < -0.3 is 14.9 Å². The molecule has 5 heteroatoms. The maximum absolute atomic E-state index is 11.1. The molecule has 0 amide bonds. The van der Waals surface area contributed by atoms with E-state index in [0.29, 0.717) is 0 Å². The summed E-state index contributed by atoms with van der Waals surface area (Å²) in [5.41, 5.74) is 0.491. The molecule has 0 aromatic heterocycles. The fraction of sp³-hybridized carbons (Fsp3) is 0.0667. The zero-order chi connectivity index (χ0) is 14.5. The third kappa shape index (κ3) is 2.95. The molecule has 0 spiro atoms. The molecular weight excluding hydrogens is 260 g/mol. The summed E-state index contributed by atoms with van der Waals surface area (Å²) in [6, 6.07) is 13.1. The summed E-state index contributed by atoms with van der Waals surface area (Å²) in [6.07, 6.45) is 0. The first kappa shape index (κ1) is 13.6. The molecule has 0 saturated heterocycles. The van der Waals surface area contributed by atoms with Gasteiger partial charge in [-0.25, -0.2) is 9.59 Å². The maximum atomic E-state index is 11.1. The van der Waals surface area contributed by atoms with Crippen LogP contribution in [0.1, 0.15) is 26.3 Å². The average molecular weight is 272 g/mol. The Hall–Kier alpha value is -2.82. The topological polar surface area (TPSA) is 83.8 Å². The zero-order valence-electron chi connectivity index (χ0n) is 10.4. The number of para-hydroxylation sites is 1. The van der Waals surface area contributed by atoms with Gasteiger partial charge in [-0.1, -0.05) is 36.4 Å². The number of carboxylic acids is 2. The van der Waals surface area contributed by atoms with Crippen molar-refractivity contribution in [2.45, 2.75) is 6.61 Å². The number of ether oxygens (including phenoxy) is 1. The number of rotatable bonds is 5. The standard InChI is InChI=1S/C15H12O5/c16-14(17)11-7-4-8-12(15(18)19)13(11)20-9-10-5-2-1-3-6-10/h1-8H,9H2,(H,16,17)(H,18,19). The van der Waals surface area contributed by atoms with E-state index in [1.54, 1.807) is 0 Å². The lowest BCUT2D eigenvalue weighted by atomic mass is 10.1. The fourth-order valence-electron chi connectivity index (χ4n) is 1.76. The molecule has 0 unspecified atom stereocenters. The zero-order valence-corrected chi connectivity index (χ0v) is 10.4. The summed E-state index contributed by atoms with van der Waals surface area (Å²) in [7, 11) is 0. The van der Waals surface area contributed by atoms with Crippen LogP contribution in [-0.4, -0.2) is 22.2 Å². The quantitative estimate of drug-likeness (QED) is 0.874. The molecule has 2 aromatic carbocycles. The molecular formula is C15H12O5. The molecule has 0 aliphatic carbocycles. The minimum Gasteiger partial charge on any atom is -0.487 e. The van der Waals surface area contributed by atoms with E-state index in [1.807, 2.05) is 30.3 Å². The first-order valence-corrected chi connectivity index (χ1v) is 5.86. The van der Waals surface area contributed by atoms with E-state index in [2.05, 4.69) is 0 Å². The van der Waals surface area contributed by atoms with Gasteiger partial charge in [0, 0.05) is 0 Å². The second-order valence-corrected chi connectivity index (χ2v) is 4.07. The molecule has 0 bridgehead atoms. The molecule has 5 nitrogen and oxygen atoms in total. The van der Waals surface area contributed by atoms with Gasteiger partial charge in [-0.2, -0.15) is 0 Å². The number of hydrogen-bond donors (Lipinski definition) is 2. The Bertz CT molecular complexity index is 602. The van der Waals surface area contributed by atoms with Gasteiger partial charge >= 0.3 is 11.9 Å². The Labute approximate surface area is 115 Å². The number of carboxylic acid groups (broad SMARTS) is 2. The van der Waals surface area contributed by atoms with Crippen molar-refractivity contribution in [2.24, 2.45) is 0 Å². The minimum atomic E-state index is -1.23. The third-order valence-electron chi connectivity index (χ3n) is 2.70. The summed E-state index contributed by atoms with van der Waals surface area (Å²) in [6.45, 7) is 0.103. The molecule has 0 atom stereocenters. The maximum Gasteiger partial charge on any atom is 0.339 e. The molecule has 0 aliphatic rings. The highest BCUT2D eigenvalue weighted by Crippen LogP contribution is 2.25. The van der Waals surface area contributed by atoms with E-state index in [1.165, 1.54) is 18.2 Å². The van der Waals surface area contributed by atoms with Crippen LogP contribution >= 0.6 is 0 Å². The lowest BCUT2D eigenvalue weighted by Crippen LogP contribution is -2.09. The van der Waals surface area contributed by atoms with Crippen molar-refractivity contribution in [3.05, 3.63) is 65.2 Å². The predicted octanol–water partition coefficient (Wildman–Crippen LogP) is 2.66. The lowest BCUT2D eigenvalue weighted by molar-refractivity contribution is 0.0687. The van der Waals surface area contributed by atoms with Crippen LogP contribution in [0.25, 0.3) is 0 Å². The van der Waals surface area contributed by atoms with Crippen LogP contribution in [0.15, 0.2) is 48.5 Å². The van der Waals surface area contributed by atoms with E-state index >= 15 is 0 Å². The summed E-state index contributed by atoms with van der Waals surface area (Å²) in [4.78, 5) is 22.3. The van der Waals surface area contributed by atoms with E-state index in [4.69, 9.17) is 14.9 Å². The second kappa shape index (κ2) is 5.88. The van der Waals surface area contributed by atoms with Gasteiger partial charge in [0.05, 0.1) is 0 Å². The highest BCUT2D eigenvalue weighted by molar-refractivity contribution is 5.98. The van der Waals surface area contributed by atoms with Crippen LogP contribution in [0.2, 0.25) is 0 Å². The van der Waals surface area contributed by atoms with Gasteiger partial charge in [-0.05, 0) is 17.7 Å². The third-order valence-corrected chi connectivity index (χ3v) is 2.70. The highest BCUT2D eigenvalue weighted by atomic mass is 16.5. The van der Waals surface area contributed by atoms with Gasteiger partial charge in [0.1, 0.15) is 23.5 Å². The number of hydrogen-bond acceptors (Lipinski definition) is 3. The summed E-state index contributed by atoms with van der Waals surface area (Å²) < 4.78 is 5.42. The van der Waals surface area contributed by atoms with Crippen molar-refractivity contribution in [3.63, 3.8) is 0 Å². The van der Waals surface area contributed by atoms with Crippen LogP contribution in [0, 0.1) is 0 Å².